The van der Waals surface area contributed by atoms with E-state index in [0.29, 0.717) is 70.0 Å². The average Bonchev–Trinajstić information content (AvgIpc) is 3.97. The number of piperazine rings is 1. The number of benzene rings is 2. The molecule has 0 bridgehead atoms. The molecule has 0 saturated carbocycles. The van der Waals surface area contributed by atoms with Crippen LogP contribution in [0.5, 0.6) is 0 Å². The van der Waals surface area contributed by atoms with E-state index in [1.807, 2.05) is 12.1 Å². The van der Waals surface area contributed by atoms with E-state index in [1.54, 1.807) is 36.7 Å². The molecule has 6 aromatic rings. The van der Waals surface area contributed by atoms with E-state index in [9.17, 15) is 31.5 Å². The molecule has 19 heteroatoms. The summed E-state index contributed by atoms with van der Waals surface area (Å²) in [6, 6.07) is 12.4. The molecule has 1 fully saturated rings. The summed E-state index contributed by atoms with van der Waals surface area (Å²) in [5, 5.41) is 9.68. The van der Waals surface area contributed by atoms with Crippen LogP contribution in [0.1, 0.15) is 69.9 Å². The van der Waals surface area contributed by atoms with E-state index >= 15 is 8.78 Å². The van der Waals surface area contributed by atoms with Gasteiger partial charge in [-0.05, 0) is 65.4 Å². The van der Waals surface area contributed by atoms with Crippen molar-refractivity contribution in [1.82, 2.24) is 35.4 Å². The zero-order valence-electron chi connectivity index (χ0n) is 32.5. The Bertz CT molecular complexity index is 2680. The number of carbonyl (C=O) groups is 2. The number of anilines is 2. The Hall–Kier alpha value is -6.11. The lowest BCUT2D eigenvalue weighted by Gasteiger charge is -2.35. The molecule has 0 radical (unpaired) electrons. The minimum atomic E-state index is -5.08. The third-order valence-corrected chi connectivity index (χ3v) is 12.8. The number of hydrogen-bond donors (Lipinski definition) is 2. The molecule has 3 aliphatic rings. The molecule has 11 nitrogen and oxygen atoms in total. The summed E-state index contributed by atoms with van der Waals surface area (Å²) in [4.78, 5) is 45.1. The van der Waals surface area contributed by atoms with Crippen molar-refractivity contribution in [3.05, 3.63) is 118 Å². The van der Waals surface area contributed by atoms with Gasteiger partial charge in [0.05, 0.1) is 16.4 Å². The highest BCUT2D eigenvalue weighted by molar-refractivity contribution is 7.22. The number of rotatable bonds is 9. The van der Waals surface area contributed by atoms with E-state index in [-0.39, 0.29) is 29.2 Å². The first-order chi connectivity index (χ1) is 29.0. The number of pyridine rings is 2. The van der Waals surface area contributed by atoms with E-state index in [1.165, 1.54) is 18.3 Å². The molecule has 4 aromatic heterocycles. The van der Waals surface area contributed by atoms with Crippen LogP contribution in [0.15, 0.2) is 67.0 Å². The summed E-state index contributed by atoms with van der Waals surface area (Å²) in [6.45, 7) is 4.36. The lowest BCUT2D eigenvalue weighted by atomic mass is 9.93. The standard InChI is InChI=1S/C42H36F7N9O2S/c1-21-22(2)41(45,46)37-34(21)36(42(47,48)49)55-58(37)20-33(59)52-31(15-23-13-26(43)17-27(44)14-23)35-29(24-3-4-25-19-51-39(60)30(25)16-24)18-32-38(53-35)54-40(61-32)57-11-9-56(10-12-57)28-5-7-50-8-6-28/h3-8,13-14,16-18,21-22,31H,9-12,15,19-20H2,1-2H3,(H,51,60)(H,52,59)/t21-,22+,31+/m0/s1. The van der Waals surface area contributed by atoms with Crippen molar-refractivity contribution in [2.45, 2.75) is 57.4 Å². The van der Waals surface area contributed by atoms with Gasteiger partial charge in [-0.25, -0.2) is 13.8 Å². The largest absolute Gasteiger partial charge is 0.435 e. The maximum atomic E-state index is 15.6. The summed E-state index contributed by atoms with van der Waals surface area (Å²) in [6.07, 6.45) is -1.90. The zero-order chi connectivity index (χ0) is 43.0. The van der Waals surface area contributed by atoms with Crippen LogP contribution < -0.4 is 20.4 Å². The highest BCUT2D eigenvalue weighted by Gasteiger charge is 2.57. The fourth-order valence-electron chi connectivity index (χ4n) is 8.51. The van der Waals surface area contributed by atoms with Gasteiger partial charge in [-0.15, -0.1) is 0 Å². The van der Waals surface area contributed by atoms with E-state index in [0.717, 1.165) is 30.3 Å². The molecule has 3 atom stereocenters. The molecule has 2 amide bonds. The summed E-state index contributed by atoms with van der Waals surface area (Å²) < 4.78 is 104. The van der Waals surface area contributed by atoms with Crippen LogP contribution in [0.2, 0.25) is 0 Å². The van der Waals surface area contributed by atoms with Crippen LogP contribution in [0.4, 0.5) is 41.6 Å². The van der Waals surface area contributed by atoms with Crippen molar-refractivity contribution in [2.24, 2.45) is 5.92 Å². The number of nitrogens with zero attached hydrogens (tertiary/aromatic N) is 7. The SMILES string of the molecule is C[C@@H]1c2c(C(F)(F)F)nn(CC(=O)N[C@H](Cc3cc(F)cc(F)c3)c3nc4nc(N5CCN(c6ccncc6)CC5)sc4cc3-c3ccc4c(c3)C(=O)NC4)c2C(F)(F)[C@@H]1C. The van der Waals surface area contributed by atoms with E-state index < -0.39 is 71.0 Å². The van der Waals surface area contributed by atoms with Crippen molar-refractivity contribution in [3.8, 4) is 11.1 Å². The van der Waals surface area contributed by atoms with Gasteiger partial charge in [0, 0.05) is 79.5 Å². The molecule has 2 N–H and O–H groups in total. The second kappa shape index (κ2) is 15.1. The minimum Gasteiger partial charge on any atom is -0.368 e. The zero-order valence-corrected chi connectivity index (χ0v) is 33.4. The summed E-state index contributed by atoms with van der Waals surface area (Å²) in [5.41, 5.74) is 0.488. The van der Waals surface area contributed by atoms with Gasteiger partial charge in [0.1, 0.15) is 23.9 Å². The Morgan fingerprint density at radius 3 is 2.36 bits per heavy atom. The maximum absolute atomic E-state index is 15.6. The first-order valence-electron chi connectivity index (χ1n) is 19.5. The maximum Gasteiger partial charge on any atom is 0.435 e. The van der Waals surface area contributed by atoms with Crippen LogP contribution >= 0.6 is 11.3 Å². The van der Waals surface area contributed by atoms with Gasteiger partial charge < -0.3 is 20.4 Å². The van der Waals surface area contributed by atoms with Gasteiger partial charge in [-0.2, -0.15) is 32.0 Å². The molecule has 0 spiro atoms. The second-order valence-corrected chi connectivity index (χ2v) is 16.6. The fraction of sp³-hybridized carbons (Fsp3) is 0.333. The number of fused-ring (bicyclic) bond motifs is 3. The predicted molar refractivity (Wildman–Crippen MR) is 212 cm³/mol. The van der Waals surface area contributed by atoms with Gasteiger partial charge >= 0.3 is 6.18 Å². The topological polar surface area (TPSA) is 121 Å². The van der Waals surface area contributed by atoms with Gasteiger partial charge in [0.2, 0.25) is 5.91 Å². The average molecular weight is 864 g/mol. The molecule has 1 aliphatic carbocycles. The molecule has 1 saturated heterocycles. The third kappa shape index (κ3) is 7.41. The number of halogens is 7. The Balaban J connectivity index is 1.12. The van der Waals surface area contributed by atoms with Gasteiger partial charge in [0.15, 0.2) is 16.5 Å². The lowest BCUT2D eigenvalue weighted by Crippen LogP contribution is -2.46. The summed E-state index contributed by atoms with van der Waals surface area (Å²) >= 11 is 1.38. The first kappa shape index (κ1) is 40.3. The highest BCUT2D eigenvalue weighted by Crippen LogP contribution is 2.55. The van der Waals surface area contributed by atoms with Gasteiger partial charge in [0.25, 0.3) is 11.8 Å². The monoisotopic (exact) mass is 863 g/mol. The van der Waals surface area contributed by atoms with E-state index in [4.69, 9.17) is 9.97 Å². The molecular formula is C42H36F7N9O2S. The van der Waals surface area contributed by atoms with Crippen LogP contribution in [0.3, 0.4) is 0 Å². The van der Waals surface area contributed by atoms with Crippen molar-refractivity contribution < 1.29 is 40.3 Å². The smallest absolute Gasteiger partial charge is 0.368 e. The Morgan fingerprint density at radius 2 is 1.66 bits per heavy atom. The summed E-state index contributed by atoms with van der Waals surface area (Å²) in [5.74, 6) is -9.59. The molecule has 9 rings (SSSR count). The Labute approximate surface area is 347 Å². The number of alkyl halides is 5. The van der Waals surface area contributed by atoms with Gasteiger partial charge in [-0.3, -0.25) is 19.3 Å². The first-order valence-corrected chi connectivity index (χ1v) is 20.3. The Kier molecular flexibility index (Phi) is 9.98. The van der Waals surface area contributed by atoms with Crippen molar-refractivity contribution >= 4 is 44.3 Å². The molecule has 6 heterocycles. The predicted octanol–water partition coefficient (Wildman–Crippen LogP) is 7.76. The van der Waals surface area contributed by atoms with Gasteiger partial charge in [-0.1, -0.05) is 37.3 Å². The van der Waals surface area contributed by atoms with Crippen molar-refractivity contribution in [2.75, 3.05) is 36.0 Å². The normalized spacial score (nSPS) is 18.9. The number of thiazole rings is 1. The Morgan fingerprint density at radius 1 is 0.951 bits per heavy atom. The second-order valence-electron chi connectivity index (χ2n) is 15.5. The summed E-state index contributed by atoms with van der Waals surface area (Å²) in [7, 11) is 0. The number of amides is 2. The minimum absolute atomic E-state index is 0.0866. The molecule has 2 aliphatic heterocycles. The van der Waals surface area contributed by atoms with Crippen LogP contribution in [0, 0.1) is 17.6 Å². The number of aromatic nitrogens is 5. The molecule has 316 valence electrons. The highest BCUT2D eigenvalue weighted by atomic mass is 32.1. The van der Waals surface area contributed by atoms with Crippen LogP contribution in [-0.2, 0) is 36.4 Å². The molecule has 0 unspecified atom stereocenters. The molecule has 2 aromatic carbocycles. The lowest BCUT2D eigenvalue weighted by molar-refractivity contribution is -0.143. The fourth-order valence-corrected chi connectivity index (χ4v) is 9.51. The number of hydrogen-bond acceptors (Lipinski definition) is 9. The van der Waals surface area contributed by atoms with Crippen LogP contribution in [0.25, 0.3) is 21.5 Å². The third-order valence-electron chi connectivity index (χ3n) is 11.8. The quantitative estimate of drug-likeness (QED) is 0.142. The van der Waals surface area contributed by atoms with Crippen molar-refractivity contribution in [1.29, 1.82) is 0 Å². The number of carbonyl (C=O) groups excluding carboxylic acids is 2. The van der Waals surface area contributed by atoms with Crippen molar-refractivity contribution in [3.63, 3.8) is 0 Å². The molecular weight excluding hydrogens is 828 g/mol. The van der Waals surface area contributed by atoms with E-state index in [2.05, 4.69) is 30.5 Å². The van der Waals surface area contributed by atoms with Crippen LogP contribution in [-0.4, -0.2) is 62.7 Å². The number of nitrogens with one attached hydrogen (secondary N) is 2. The molecule has 61 heavy (non-hydrogen) atoms.